The predicted octanol–water partition coefficient (Wildman–Crippen LogP) is 0.940. The highest BCUT2D eigenvalue weighted by Gasteiger charge is 2.25. The standard InChI is InChI=1S/C13H20N4O3/c1-3-10-12(13(19)20)14-15-17(10)8-11(18)16-7-5-4-6-9(16)2/h9H,3-8H2,1-2H3,(H,19,20). The second kappa shape index (κ2) is 6.02. The minimum Gasteiger partial charge on any atom is -0.476 e. The number of hydrogen-bond acceptors (Lipinski definition) is 4. The summed E-state index contributed by atoms with van der Waals surface area (Å²) < 4.78 is 1.41. The van der Waals surface area contributed by atoms with Crippen molar-refractivity contribution in [2.45, 2.75) is 52.1 Å². The summed E-state index contributed by atoms with van der Waals surface area (Å²) in [7, 11) is 0. The first kappa shape index (κ1) is 14.5. The van der Waals surface area contributed by atoms with Crippen LogP contribution < -0.4 is 0 Å². The maximum atomic E-state index is 12.3. The summed E-state index contributed by atoms with van der Waals surface area (Å²) in [5.41, 5.74) is 0.433. The number of rotatable bonds is 4. The van der Waals surface area contributed by atoms with E-state index in [1.54, 1.807) is 0 Å². The second-order valence-corrected chi connectivity index (χ2v) is 5.13. The third-order valence-electron chi connectivity index (χ3n) is 3.78. The normalized spacial score (nSPS) is 19.1. The summed E-state index contributed by atoms with van der Waals surface area (Å²) in [6, 6.07) is 0.240. The number of piperidine rings is 1. The van der Waals surface area contributed by atoms with Gasteiger partial charge >= 0.3 is 5.97 Å². The SMILES string of the molecule is CCc1c(C(=O)O)nnn1CC(=O)N1CCCCC1C. The molecule has 2 heterocycles. The van der Waals surface area contributed by atoms with Gasteiger partial charge in [0.25, 0.3) is 0 Å². The van der Waals surface area contributed by atoms with Gasteiger partial charge in [-0.15, -0.1) is 5.10 Å². The van der Waals surface area contributed by atoms with Crippen LogP contribution in [0.2, 0.25) is 0 Å². The Labute approximate surface area is 117 Å². The molecule has 7 nitrogen and oxygen atoms in total. The van der Waals surface area contributed by atoms with Crippen molar-refractivity contribution in [2.75, 3.05) is 6.54 Å². The molecule has 7 heteroatoms. The Morgan fingerprint density at radius 3 is 2.75 bits per heavy atom. The topological polar surface area (TPSA) is 88.3 Å². The highest BCUT2D eigenvalue weighted by Crippen LogP contribution is 2.17. The fourth-order valence-electron chi connectivity index (χ4n) is 2.66. The minimum absolute atomic E-state index is 0.0197. The Kier molecular flexibility index (Phi) is 4.36. The molecule has 1 aromatic heterocycles. The molecule has 1 aliphatic heterocycles. The van der Waals surface area contributed by atoms with Gasteiger partial charge in [-0.05, 0) is 32.6 Å². The number of amides is 1. The van der Waals surface area contributed by atoms with Gasteiger partial charge < -0.3 is 10.0 Å². The van der Waals surface area contributed by atoms with Crippen molar-refractivity contribution in [3.8, 4) is 0 Å². The molecule has 110 valence electrons. The van der Waals surface area contributed by atoms with Gasteiger partial charge in [0.15, 0.2) is 5.69 Å². The number of carbonyl (C=O) groups is 2. The summed E-state index contributed by atoms with van der Waals surface area (Å²) in [6.45, 7) is 4.70. The molecule has 2 rings (SSSR count). The van der Waals surface area contributed by atoms with E-state index < -0.39 is 5.97 Å². The van der Waals surface area contributed by atoms with E-state index in [4.69, 9.17) is 5.11 Å². The molecule has 0 spiro atoms. The number of aromatic carboxylic acids is 1. The summed E-state index contributed by atoms with van der Waals surface area (Å²) in [5, 5.41) is 16.5. The van der Waals surface area contributed by atoms with Gasteiger partial charge in [-0.1, -0.05) is 12.1 Å². The maximum absolute atomic E-state index is 12.3. The van der Waals surface area contributed by atoms with Crippen molar-refractivity contribution in [3.05, 3.63) is 11.4 Å². The third-order valence-corrected chi connectivity index (χ3v) is 3.78. The lowest BCUT2D eigenvalue weighted by Crippen LogP contribution is -2.43. The Morgan fingerprint density at radius 1 is 1.40 bits per heavy atom. The number of likely N-dealkylation sites (tertiary alicyclic amines) is 1. The zero-order valence-electron chi connectivity index (χ0n) is 11.9. The lowest BCUT2D eigenvalue weighted by atomic mass is 10.0. The van der Waals surface area contributed by atoms with E-state index >= 15 is 0 Å². The molecule has 0 aliphatic carbocycles. The second-order valence-electron chi connectivity index (χ2n) is 5.13. The van der Waals surface area contributed by atoms with E-state index in [-0.39, 0.29) is 24.2 Å². The van der Waals surface area contributed by atoms with Gasteiger partial charge in [-0.25, -0.2) is 9.48 Å². The van der Waals surface area contributed by atoms with Gasteiger partial charge in [-0.3, -0.25) is 4.79 Å². The first-order valence-corrected chi connectivity index (χ1v) is 6.99. The van der Waals surface area contributed by atoms with E-state index in [1.807, 2.05) is 18.7 Å². The number of aromatic nitrogens is 3. The molecule has 1 atom stereocenters. The van der Waals surface area contributed by atoms with Crippen LogP contribution in [-0.4, -0.2) is 49.5 Å². The molecule has 1 unspecified atom stereocenters. The van der Waals surface area contributed by atoms with Crippen LogP contribution in [0.5, 0.6) is 0 Å². The molecule has 1 fully saturated rings. The first-order chi connectivity index (χ1) is 9.54. The zero-order chi connectivity index (χ0) is 14.7. The highest BCUT2D eigenvalue weighted by atomic mass is 16.4. The van der Waals surface area contributed by atoms with Crippen molar-refractivity contribution >= 4 is 11.9 Å². The lowest BCUT2D eigenvalue weighted by Gasteiger charge is -2.33. The van der Waals surface area contributed by atoms with Gasteiger partial charge in [0, 0.05) is 12.6 Å². The van der Waals surface area contributed by atoms with Crippen molar-refractivity contribution in [1.29, 1.82) is 0 Å². The van der Waals surface area contributed by atoms with Gasteiger partial charge in [-0.2, -0.15) is 0 Å². The van der Waals surface area contributed by atoms with Crippen molar-refractivity contribution in [1.82, 2.24) is 19.9 Å². The van der Waals surface area contributed by atoms with Crippen molar-refractivity contribution in [3.63, 3.8) is 0 Å². The van der Waals surface area contributed by atoms with Crippen LogP contribution in [0, 0.1) is 0 Å². The Morgan fingerprint density at radius 2 is 2.15 bits per heavy atom. The molecule has 1 saturated heterocycles. The molecular weight excluding hydrogens is 260 g/mol. The molecule has 0 aromatic carbocycles. The quantitative estimate of drug-likeness (QED) is 0.886. The molecule has 20 heavy (non-hydrogen) atoms. The molecule has 1 N–H and O–H groups in total. The number of carboxylic acids is 1. The zero-order valence-corrected chi connectivity index (χ0v) is 11.9. The van der Waals surface area contributed by atoms with Gasteiger partial charge in [0.1, 0.15) is 6.54 Å². The molecule has 1 aliphatic rings. The van der Waals surface area contributed by atoms with Gasteiger partial charge in [0.2, 0.25) is 5.91 Å². The van der Waals surface area contributed by atoms with E-state index in [0.717, 1.165) is 25.8 Å². The monoisotopic (exact) mass is 280 g/mol. The molecule has 0 bridgehead atoms. The fourth-order valence-corrected chi connectivity index (χ4v) is 2.66. The minimum atomic E-state index is -1.10. The largest absolute Gasteiger partial charge is 0.476 e. The van der Waals surface area contributed by atoms with Crippen molar-refractivity contribution in [2.24, 2.45) is 0 Å². The highest BCUT2D eigenvalue weighted by molar-refractivity contribution is 5.86. The first-order valence-electron chi connectivity index (χ1n) is 6.99. The third kappa shape index (κ3) is 2.81. The van der Waals surface area contributed by atoms with Crippen LogP contribution in [0.15, 0.2) is 0 Å². The smallest absolute Gasteiger partial charge is 0.358 e. The molecule has 1 amide bonds. The van der Waals surface area contributed by atoms with Crippen LogP contribution >= 0.6 is 0 Å². The molecular formula is C13H20N4O3. The Bertz CT molecular complexity index is 512. The average Bonchev–Trinajstić information content (AvgIpc) is 2.82. The summed E-state index contributed by atoms with van der Waals surface area (Å²) >= 11 is 0. The molecule has 0 saturated carbocycles. The Hall–Kier alpha value is -1.92. The van der Waals surface area contributed by atoms with E-state index in [9.17, 15) is 9.59 Å². The number of carboxylic acid groups (broad SMARTS) is 1. The number of nitrogens with zero attached hydrogens (tertiary/aromatic N) is 4. The van der Waals surface area contributed by atoms with E-state index in [1.165, 1.54) is 4.68 Å². The number of hydrogen-bond donors (Lipinski definition) is 1. The lowest BCUT2D eigenvalue weighted by molar-refractivity contribution is -0.135. The van der Waals surface area contributed by atoms with E-state index in [0.29, 0.717) is 12.1 Å². The summed E-state index contributed by atoms with van der Waals surface area (Å²) in [6.07, 6.45) is 3.67. The predicted molar refractivity (Wildman–Crippen MR) is 71.4 cm³/mol. The van der Waals surface area contributed by atoms with Crippen LogP contribution in [0.1, 0.15) is 49.3 Å². The van der Waals surface area contributed by atoms with Crippen LogP contribution in [-0.2, 0) is 17.8 Å². The summed E-state index contributed by atoms with van der Waals surface area (Å²) in [5.74, 6) is -1.12. The van der Waals surface area contributed by atoms with Crippen molar-refractivity contribution < 1.29 is 14.7 Å². The number of carbonyl (C=O) groups excluding carboxylic acids is 1. The van der Waals surface area contributed by atoms with Gasteiger partial charge in [0.05, 0.1) is 5.69 Å². The van der Waals surface area contributed by atoms with Crippen LogP contribution in [0.25, 0.3) is 0 Å². The maximum Gasteiger partial charge on any atom is 0.358 e. The average molecular weight is 280 g/mol. The van der Waals surface area contributed by atoms with Crippen LogP contribution in [0.4, 0.5) is 0 Å². The summed E-state index contributed by atoms with van der Waals surface area (Å²) in [4.78, 5) is 25.2. The molecule has 1 aromatic rings. The van der Waals surface area contributed by atoms with E-state index in [2.05, 4.69) is 10.3 Å². The Balaban J connectivity index is 2.13. The van der Waals surface area contributed by atoms with Crippen LogP contribution in [0.3, 0.4) is 0 Å². The fraction of sp³-hybridized carbons (Fsp3) is 0.692. The molecule has 0 radical (unpaired) electrons.